The molecule has 9 nitrogen and oxygen atoms in total. The lowest BCUT2D eigenvalue weighted by atomic mass is 10.2. The Labute approximate surface area is 153 Å². The van der Waals surface area contributed by atoms with E-state index < -0.39 is 17.9 Å². The zero-order valence-corrected chi connectivity index (χ0v) is 15.1. The first-order valence-corrected chi connectivity index (χ1v) is 8.40. The van der Waals surface area contributed by atoms with Crippen molar-refractivity contribution in [2.24, 2.45) is 0 Å². The standard InChI is InChI=1S/C15H20F3N7O2/c1-4-25-12(15(16,17)18)10(7-19-25)21-14(26)24-6-5-23(3)11(8-24)13-20-9(2)22-27-13/h7,11H,4-6,8H2,1-3H3,(H,21,26). The monoisotopic (exact) mass is 387 g/mol. The number of hydrogen-bond acceptors (Lipinski definition) is 6. The molecule has 1 aliphatic rings. The first-order chi connectivity index (χ1) is 12.7. The summed E-state index contributed by atoms with van der Waals surface area (Å²) in [6.45, 7) is 4.36. The Balaban J connectivity index is 1.76. The van der Waals surface area contributed by atoms with Gasteiger partial charge in [0.15, 0.2) is 11.5 Å². The molecule has 0 radical (unpaired) electrons. The van der Waals surface area contributed by atoms with Gasteiger partial charge in [-0.3, -0.25) is 9.58 Å². The highest BCUT2D eigenvalue weighted by Gasteiger charge is 2.39. The van der Waals surface area contributed by atoms with Crippen LogP contribution in [-0.4, -0.2) is 62.4 Å². The maximum Gasteiger partial charge on any atom is 0.435 e. The first-order valence-electron chi connectivity index (χ1n) is 8.40. The van der Waals surface area contributed by atoms with Gasteiger partial charge >= 0.3 is 12.2 Å². The molecule has 1 saturated heterocycles. The van der Waals surface area contributed by atoms with Crippen LogP contribution in [0.5, 0.6) is 0 Å². The fraction of sp³-hybridized carbons (Fsp3) is 0.600. The summed E-state index contributed by atoms with van der Waals surface area (Å²) < 4.78 is 45.9. The van der Waals surface area contributed by atoms with Crippen LogP contribution in [0.2, 0.25) is 0 Å². The second-order valence-electron chi connectivity index (χ2n) is 6.27. The van der Waals surface area contributed by atoms with Gasteiger partial charge in [0.05, 0.1) is 11.9 Å². The third-order valence-electron chi connectivity index (χ3n) is 4.41. The number of hydrogen-bond donors (Lipinski definition) is 1. The molecule has 0 saturated carbocycles. The molecule has 1 fully saturated rings. The number of rotatable bonds is 3. The minimum atomic E-state index is -4.62. The number of nitrogens with zero attached hydrogens (tertiary/aromatic N) is 6. The molecular formula is C15H20F3N7O2. The molecule has 3 heterocycles. The van der Waals surface area contributed by atoms with Crippen molar-refractivity contribution in [3.05, 3.63) is 23.6 Å². The molecule has 0 aromatic carbocycles. The van der Waals surface area contributed by atoms with Gasteiger partial charge in [-0.25, -0.2) is 4.79 Å². The fourth-order valence-electron chi connectivity index (χ4n) is 2.98. The molecule has 1 unspecified atom stereocenters. The number of aryl methyl sites for hydroxylation is 2. The number of carbonyl (C=O) groups is 1. The van der Waals surface area contributed by atoms with Gasteiger partial charge in [-0.1, -0.05) is 5.16 Å². The topological polar surface area (TPSA) is 92.3 Å². The summed E-state index contributed by atoms with van der Waals surface area (Å²) in [5.74, 6) is 0.837. The van der Waals surface area contributed by atoms with Crippen LogP contribution in [0, 0.1) is 6.92 Å². The van der Waals surface area contributed by atoms with Crippen LogP contribution in [-0.2, 0) is 12.7 Å². The van der Waals surface area contributed by atoms with Gasteiger partial charge < -0.3 is 14.7 Å². The van der Waals surface area contributed by atoms with Gasteiger partial charge in [-0.05, 0) is 20.9 Å². The summed E-state index contributed by atoms with van der Waals surface area (Å²) in [6.07, 6.45) is -3.61. The van der Waals surface area contributed by atoms with E-state index in [-0.39, 0.29) is 24.8 Å². The Kier molecular flexibility index (Phi) is 5.09. The van der Waals surface area contributed by atoms with E-state index in [2.05, 4.69) is 20.6 Å². The van der Waals surface area contributed by atoms with Crippen LogP contribution in [0.4, 0.5) is 23.7 Å². The molecule has 1 N–H and O–H groups in total. The molecular weight excluding hydrogens is 367 g/mol. The summed E-state index contributed by atoms with van der Waals surface area (Å²) >= 11 is 0. The fourth-order valence-corrected chi connectivity index (χ4v) is 2.98. The third-order valence-corrected chi connectivity index (χ3v) is 4.41. The highest BCUT2D eigenvalue weighted by atomic mass is 19.4. The van der Waals surface area contributed by atoms with E-state index in [1.54, 1.807) is 13.8 Å². The second kappa shape index (κ2) is 7.18. The van der Waals surface area contributed by atoms with E-state index in [9.17, 15) is 18.0 Å². The molecule has 3 rings (SSSR count). The molecule has 0 bridgehead atoms. The predicted molar refractivity (Wildman–Crippen MR) is 87.9 cm³/mol. The highest BCUT2D eigenvalue weighted by Crippen LogP contribution is 2.35. The molecule has 1 aliphatic heterocycles. The van der Waals surface area contributed by atoms with Crippen LogP contribution < -0.4 is 5.32 Å². The highest BCUT2D eigenvalue weighted by molar-refractivity contribution is 5.90. The molecule has 1 atom stereocenters. The van der Waals surface area contributed by atoms with Gasteiger partial charge in [-0.2, -0.15) is 23.3 Å². The molecule has 2 aromatic heterocycles. The number of carbonyl (C=O) groups excluding carboxylic acids is 1. The van der Waals surface area contributed by atoms with E-state index in [4.69, 9.17) is 4.52 Å². The van der Waals surface area contributed by atoms with E-state index >= 15 is 0 Å². The molecule has 0 aliphatic carbocycles. The van der Waals surface area contributed by atoms with Crippen molar-refractivity contribution >= 4 is 11.7 Å². The number of nitrogens with one attached hydrogen (secondary N) is 1. The minimum absolute atomic E-state index is 0.0395. The van der Waals surface area contributed by atoms with Crippen molar-refractivity contribution in [2.45, 2.75) is 32.6 Å². The van der Waals surface area contributed by atoms with Crippen molar-refractivity contribution in [1.29, 1.82) is 0 Å². The Morgan fingerprint density at radius 2 is 2.15 bits per heavy atom. The summed E-state index contributed by atoms with van der Waals surface area (Å²) in [5, 5.41) is 9.78. The van der Waals surface area contributed by atoms with Crippen LogP contribution in [0.15, 0.2) is 10.7 Å². The molecule has 12 heteroatoms. The number of aromatic nitrogens is 4. The van der Waals surface area contributed by atoms with E-state index in [0.717, 1.165) is 10.9 Å². The quantitative estimate of drug-likeness (QED) is 0.868. The molecule has 148 valence electrons. The number of amides is 2. The Bertz CT molecular complexity index is 817. The minimum Gasteiger partial charge on any atom is -0.338 e. The van der Waals surface area contributed by atoms with Gasteiger partial charge in [0.25, 0.3) is 0 Å². The number of piperazine rings is 1. The molecule has 2 aromatic rings. The number of alkyl halides is 3. The van der Waals surface area contributed by atoms with Crippen molar-refractivity contribution in [2.75, 3.05) is 32.0 Å². The normalized spacial score (nSPS) is 18.7. The van der Waals surface area contributed by atoms with E-state index in [1.807, 2.05) is 11.9 Å². The van der Waals surface area contributed by atoms with Crippen LogP contribution in [0.3, 0.4) is 0 Å². The first kappa shape index (κ1) is 19.1. The van der Waals surface area contributed by atoms with Crippen LogP contribution >= 0.6 is 0 Å². The number of likely N-dealkylation sites (N-methyl/N-ethyl adjacent to an activating group) is 1. The Morgan fingerprint density at radius 3 is 2.74 bits per heavy atom. The summed E-state index contributed by atoms with van der Waals surface area (Å²) in [5.41, 5.74) is -1.34. The lowest BCUT2D eigenvalue weighted by molar-refractivity contribution is -0.143. The average Bonchev–Trinajstić information content (AvgIpc) is 3.20. The van der Waals surface area contributed by atoms with Gasteiger partial charge in [-0.15, -0.1) is 0 Å². The number of anilines is 1. The SMILES string of the molecule is CCn1ncc(NC(=O)N2CCN(C)C(c3nc(C)no3)C2)c1C(F)(F)F. The average molecular weight is 387 g/mol. The Hall–Kier alpha value is -2.63. The lowest BCUT2D eigenvalue weighted by Crippen LogP contribution is -2.50. The summed E-state index contributed by atoms with van der Waals surface area (Å²) in [7, 11) is 1.85. The summed E-state index contributed by atoms with van der Waals surface area (Å²) in [6, 6.07) is -0.961. The van der Waals surface area contributed by atoms with Gasteiger partial charge in [0.1, 0.15) is 6.04 Å². The zero-order valence-electron chi connectivity index (χ0n) is 15.1. The van der Waals surface area contributed by atoms with Crippen molar-refractivity contribution < 1.29 is 22.5 Å². The third kappa shape index (κ3) is 3.89. The largest absolute Gasteiger partial charge is 0.435 e. The van der Waals surface area contributed by atoms with Gasteiger partial charge in [0.2, 0.25) is 5.89 Å². The maximum absolute atomic E-state index is 13.3. The van der Waals surface area contributed by atoms with E-state index in [1.165, 1.54) is 4.90 Å². The number of urea groups is 1. The lowest BCUT2D eigenvalue weighted by Gasteiger charge is -2.37. The number of halogens is 3. The second-order valence-corrected chi connectivity index (χ2v) is 6.27. The van der Waals surface area contributed by atoms with Crippen molar-refractivity contribution in [3.63, 3.8) is 0 Å². The van der Waals surface area contributed by atoms with Crippen LogP contribution in [0.25, 0.3) is 0 Å². The van der Waals surface area contributed by atoms with Crippen LogP contribution in [0.1, 0.15) is 30.4 Å². The zero-order chi connectivity index (χ0) is 19.8. The Morgan fingerprint density at radius 1 is 1.41 bits per heavy atom. The van der Waals surface area contributed by atoms with E-state index in [0.29, 0.717) is 24.8 Å². The van der Waals surface area contributed by atoms with Gasteiger partial charge in [0, 0.05) is 26.2 Å². The summed E-state index contributed by atoms with van der Waals surface area (Å²) in [4.78, 5) is 20.1. The smallest absolute Gasteiger partial charge is 0.338 e. The maximum atomic E-state index is 13.3. The van der Waals surface area contributed by atoms with Crippen molar-refractivity contribution in [3.8, 4) is 0 Å². The predicted octanol–water partition coefficient (Wildman–Crippen LogP) is 2.13. The van der Waals surface area contributed by atoms with Crippen molar-refractivity contribution in [1.82, 2.24) is 29.7 Å². The molecule has 0 spiro atoms. The molecule has 2 amide bonds. The molecule has 27 heavy (non-hydrogen) atoms.